The lowest BCUT2D eigenvalue weighted by molar-refractivity contribution is -0.122. The minimum atomic E-state index is 0.00860. The molecule has 0 spiro atoms. The van der Waals surface area contributed by atoms with Crippen molar-refractivity contribution >= 4 is 5.91 Å². The van der Waals surface area contributed by atoms with Crippen LogP contribution in [0.15, 0.2) is 43.0 Å². The third kappa shape index (κ3) is 5.14. The molecule has 1 amide bonds. The van der Waals surface area contributed by atoms with E-state index >= 15 is 0 Å². The molecule has 1 aliphatic heterocycles. The number of ether oxygens (including phenoxy) is 1. The van der Waals surface area contributed by atoms with Gasteiger partial charge in [-0.3, -0.25) is 14.4 Å². The molecule has 0 bridgehead atoms. The van der Waals surface area contributed by atoms with E-state index in [9.17, 15) is 4.79 Å². The highest BCUT2D eigenvalue weighted by Gasteiger charge is 2.20. The molecule has 0 saturated carbocycles. The predicted octanol–water partition coefficient (Wildman–Crippen LogP) is 0.685. The molecule has 7 heteroatoms. The van der Waals surface area contributed by atoms with Crippen LogP contribution in [0.5, 0.6) is 0 Å². The van der Waals surface area contributed by atoms with Gasteiger partial charge in [-0.15, -0.1) is 0 Å². The van der Waals surface area contributed by atoms with Crippen LogP contribution < -0.4 is 5.32 Å². The molecule has 1 N–H and O–H groups in total. The van der Waals surface area contributed by atoms with Gasteiger partial charge in [0.25, 0.3) is 0 Å². The molecule has 0 aliphatic carbocycles. The van der Waals surface area contributed by atoms with Crippen LogP contribution in [0.4, 0.5) is 0 Å². The molecule has 1 saturated heterocycles. The smallest absolute Gasteiger partial charge is 0.221 e. The van der Waals surface area contributed by atoms with E-state index in [2.05, 4.69) is 44.6 Å². The fourth-order valence-electron chi connectivity index (χ4n) is 2.77. The molecule has 1 aromatic heterocycles. The van der Waals surface area contributed by atoms with Crippen LogP contribution in [-0.2, 0) is 22.6 Å². The molecule has 2 aromatic rings. The van der Waals surface area contributed by atoms with Gasteiger partial charge in [0.2, 0.25) is 5.91 Å². The van der Waals surface area contributed by atoms with Crippen molar-refractivity contribution in [1.29, 1.82) is 0 Å². The molecule has 1 aromatic carbocycles. The Morgan fingerprint density at radius 1 is 1.33 bits per heavy atom. The van der Waals surface area contributed by atoms with Gasteiger partial charge in [0.15, 0.2) is 0 Å². The number of aryl methyl sites for hydroxylation is 1. The fourth-order valence-corrected chi connectivity index (χ4v) is 2.77. The number of hydrogen-bond donors (Lipinski definition) is 1. The minimum absolute atomic E-state index is 0.00860. The molecule has 2 heterocycles. The minimum Gasteiger partial charge on any atom is -0.374 e. The van der Waals surface area contributed by atoms with Crippen LogP contribution >= 0.6 is 0 Å². The maximum atomic E-state index is 11.9. The lowest BCUT2D eigenvalue weighted by Gasteiger charge is -2.33. The van der Waals surface area contributed by atoms with Crippen molar-refractivity contribution < 1.29 is 9.53 Å². The van der Waals surface area contributed by atoms with Crippen molar-refractivity contribution in [2.75, 3.05) is 26.2 Å². The molecular formula is C17H23N5O2. The van der Waals surface area contributed by atoms with Crippen molar-refractivity contribution in [1.82, 2.24) is 25.0 Å². The van der Waals surface area contributed by atoms with Crippen molar-refractivity contribution in [3.8, 4) is 0 Å². The highest BCUT2D eigenvalue weighted by Crippen LogP contribution is 2.10. The second-order valence-corrected chi connectivity index (χ2v) is 5.93. The quantitative estimate of drug-likeness (QED) is 0.809. The lowest BCUT2D eigenvalue weighted by atomic mass is 10.2. The standard InChI is InChI=1S/C17H23N5O2/c23-17(6-7-22-14-18-13-20-22)19-10-16-12-21(8-9-24-16)11-15-4-2-1-3-5-15/h1-5,13-14,16H,6-12H2,(H,19,23)/t16-/m1/s1. The number of carbonyl (C=O) groups is 1. The summed E-state index contributed by atoms with van der Waals surface area (Å²) in [6.45, 7) is 4.45. The van der Waals surface area contributed by atoms with Gasteiger partial charge in [-0.2, -0.15) is 5.10 Å². The van der Waals surface area contributed by atoms with Crippen LogP contribution in [0.2, 0.25) is 0 Å². The highest BCUT2D eigenvalue weighted by atomic mass is 16.5. The maximum Gasteiger partial charge on any atom is 0.221 e. The fraction of sp³-hybridized carbons (Fsp3) is 0.471. The van der Waals surface area contributed by atoms with Crippen LogP contribution in [0.1, 0.15) is 12.0 Å². The van der Waals surface area contributed by atoms with Crippen LogP contribution in [0.25, 0.3) is 0 Å². The van der Waals surface area contributed by atoms with E-state index in [1.54, 1.807) is 11.0 Å². The number of nitrogens with one attached hydrogen (secondary N) is 1. The SMILES string of the molecule is O=C(CCn1cncn1)NC[C@@H]1CN(Cc2ccccc2)CCO1. The zero-order valence-corrected chi connectivity index (χ0v) is 13.7. The first-order valence-corrected chi connectivity index (χ1v) is 8.26. The number of aromatic nitrogens is 3. The molecule has 0 unspecified atom stereocenters. The summed E-state index contributed by atoms with van der Waals surface area (Å²) in [5.41, 5.74) is 1.30. The van der Waals surface area contributed by atoms with Gasteiger partial charge in [0.1, 0.15) is 12.7 Å². The molecule has 7 nitrogen and oxygen atoms in total. The first-order chi connectivity index (χ1) is 11.8. The number of rotatable bonds is 7. The average molecular weight is 329 g/mol. The van der Waals surface area contributed by atoms with Crippen molar-refractivity contribution in [2.24, 2.45) is 0 Å². The number of morpholine rings is 1. The summed E-state index contributed by atoms with van der Waals surface area (Å²) < 4.78 is 7.41. The summed E-state index contributed by atoms with van der Waals surface area (Å²) in [5.74, 6) is 0.00860. The largest absolute Gasteiger partial charge is 0.374 e. The van der Waals surface area contributed by atoms with E-state index in [0.717, 1.165) is 19.6 Å². The second-order valence-electron chi connectivity index (χ2n) is 5.93. The number of carbonyl (C=O) groups excluding carboxylic acids is 1. The Morgan fingerprint density at radius 3 is 3.00 bits per heavy atom. The molecule has 1 aliphatic rings. The topological polar surface area (TPSA) is 72.3 Å². The van der Waals surface area contributed by atoms with Gasteiger partial charge in [0, 0.05) is 32.6 Å². The lowest BCUT2D eigenvalue weighted by Crippen LogP contribution is -2.47. The Balaban J connectivity index is 1.38. The summed E-state index contributed by atoms with van der Waals surface area (Å²) >= 11 is 0. The first-order valence-electron chi connectivity index (χ1n) is 8.26. The average Bonchev–Trinajstić information content (AvgIpc) is 3.13. The number of amides is 1. The van der Waals surface area contributed by atoms with Gasteiger partial charge in [-0.1, -0.05) is 30.3 Å². The van der Waals surface area contributed by atoms with E-state index < -0.39 is 0 Å². The van der Waals surface area contributed by atoms with Crippen LogP contribution in [0.3, 0.4) is 0 Å². The molecule has 24 heavy (non-hydrogen) atoms. The van der Waals surface area contributed by atoms with E-state index in [-0.39, 0.29) is 12.0 Å². The Bertz CT molecular complexity index is 617. The van der Waals surface area contributed by atoms with E-state index in [4.69, 9.17) is 4.74 Å². The van der Waals surface area contributed by atoms with E-state index in [1.165, 1.54) is 11.9 Å². The van der Waals surface area contributed by atoms with Crippen LogP contribution in [-0.4, -0.2) is 57.9 Å². The van der Waals surface area contributed by atoms with Gasteiger partial charge in [-0.25, -0.2) is 4.98 Å². The molecule has 0 radical (unpaired) electrons. The number of nitrogens with zero attached hydrogens (tertiary/aromatic N) is 4. The van der Waals surface area contributed by atoms with Gasteiger partial charge in [-0.05, 0) is 5.56 Å². The third-order valence-electron chi connectivity index (χ3n) is 4.03. The first kappa shape index (κ1) is 16.6. The van der Waals surface area contributed by atoms with Crippen molar-refractivity contribution in [3.05, 3.63) is 48.5 Å². The Hall–Kier alpha value is -2.25. The predicted molar refractivity (Wildman–Crippen MR) is 89.1 cm³/mol. The summed E-state index contributed by atoms with van der Waals surface area (Å²) in [4.78, 5) is 18.1. The normalized spacial score (nSPS) is 18.4. The highest BCUT2D eigenvalue weighted by molar-refractivity contribution is 5.75. The van der Waals surface area contributed by atoms with E-state index in [1.807, 2.05) is 6.07 Å². The second kappa shape index (κ2) is 8.56. The zero-order chi connectivity index (χ0) is 16.6. The molecular weight excluding hydrogens is 306 g/mol. The third-order valence-corrected chi connectivity index (χ3v) is 4.03. The summed E-state index contributed by atoms with van der Waals surface area (Å²) in [6, 6.07) is 10.4. The summed E-state index contributed by atoms with van der Waals surface area (Å²) in [7, 11) is 0. The van der Waals surface area contributed by atoms with E-state index in [0.29, 0.717) is 26.1 Å². The van der Waals surface area contributed by atoms with Gasteiger partial charge in [0.05, 0.1) is 19.3 Å². The molecule has 128 valence electrons. The number of hydrogen-bond acceptors (Lipinski definition) is 5. The van der Waals surface area contributed by atoms with Gasteiger partial charge >= 0.3 is 0 Å². The van der Waals surface area contributed by atoms with Gasteiger partial charge < -0.3 is 10.1 Å². The van der Waals surface area contributed by atoms with Crippen molar-refractivity contribution in [2.45, 2.75) is 25.6 Å². The Kier molecular flexibility index (Phi) is 5.92. The number of benzene rings is 1. The summed E-state index contributed by atoms with van der Waals surface area (Å²) in [5, 5.41) is 6.93. The summed E-state index contributed by atoms with van der Waals surface area (Å²) in [6.07, 6.45) is 3.51. The Morgan fingerprint density at radius 2 is 2.21 bits per heavy atom. The molecule has 3 rings (SSSR count). The Labute approximate surface area is 141 Å². The monoisotopic (exact) mass is 329 g/mol. The molecule has 1 fully saturated rings. The van der Waals surface area contributed by atoms with Crippen LogP contribution in [0, 0.1) is 0 Å². The maximum absolute atomic E-state index is 11.9. The zero-order valence-electron chi connectivity index (χ0n) is 13.7. The molecule has 1 atom stereocenters. The van der Waals surface area contributed by atoms with Crippen molar-refractivity contribution in [3.63, 3.8) is 0 Å².